The monoisotopic (exact) mass is 639 g/mol. The van der Waals surface area contributed by atoms with E-state index in [-0.39, 0.29) is 12.1 Å². The molecule has 0 amide bonds. The van der Waals surface area contributed by atoms with Gasteiger partial charge in [-0.05, 0) is 100 Å². The summed E-state index contributed by atoms with van der Waals surface area (Å²) in [6.07, 6.45) is 9.85. The first kappa shape index (κ1) is 27.4. The Labute approximate surface area is 289 Å². The highest BCUT2D eigenvalue weighted by atomic mass is 15.3. The van der Waals surface area contributed by atoms with Crippen LogP contribution in [-0.4, -0.2) is 26.9 Å². The second-order valence-electron chi connectivity index (χ2n) is 13.2. The average molecular weight is 640 g/mol. The van der Waals surface area contributed by atoms with E-state index in [1.807, 2.05) is 30.9 Å². The highest BCUT2D eigenvalue weighted by molar-refractivity contribution is 6.08. The summed E-state index contributed by atoms with van der Waals surface area (Å²) in [6, 6.07) is 48.2. The Morgan fingerprint density at radius 2 is 1.46 bits per heavy atom. The second kappa shape index (κ2) is 10.5. The highest BCUT2D eigenvalue weighted by Gasteiger charge is 2.38. The van der Waals surface area contributed by atoms with Gasteiger partial charge in [0.05, 0.1) is 22.2 Å². The maximum atomic E-state index is 4.98. The van der Waals surface area contributed by atoms with Crippen molar-refractivity contribution in [3.8, 4) is 27.9 Å². The predicted molar refractivity (Wildman–Crippen MR) is 203 cm³/mol. The van der Waals surface area contributed by atoms with Gasteiger partial charge in [0, 0.05) is 64.2 Å². The van der Waals surface area contributed by atoms with Gasteiger partial charge in [-0.2, -0.15) is 0 Å². The molecule has 234 valence electrons. The first-order chi connectivity index (χ1) is 24.8. The normalized spacial score (nSPS) is 16.8. The summed E-state index contributed by atoms with van der Waals surface area (Å²) >= 11 is 0. The van der Waals surface area contributed by atoms with Crippen LogP contribution in [0, 0.1) is 0 Å². The Hall–Kier alpha value is -6.59. The third kappa shape index (κ3) is 3.86. The average Bonchev–Trinajstić information content (AvgIpc) is 3.94. The number of hydrogen-bond donors (Lipinski definition) is 0. The maximum Gasteiger partial charge on any atom is 0.152 e. The second-order valence-corrected chi connectivity index (χ2v) is 13.2. The third-order valence-corrected chi connectivity index (χ3v) is 10.6. The number of nitrogens with zero attached hydrogens (tertiary/aromatic N) is 5. The predicted octanol–water partition coefficient (Wildman–Crippen LogP) is 10.3. The van der Waals surface area contributed by atoms with E-state index in [0.717, 1.165) is 33.3 Å². The summed E-state index contributed by atoms with van der Waals surface area (Å²) in [7, 11) is 0. The van der Waals surface area contributed by atoms with Gasteiger partial charge in [-0.3, -0.25) is 15.0 Å². The summed E-state index contributed by atoms with van der Waals surface area (Å²) in [5, 5.41) is 1.14. The maximum absolute atomic E-state index is 4.98. The van der Waals surface area contributed by atoms with Crippen LogP contribution in [0.15, 0.2) is 163 Å². The largest absolute Gasteiger partial charge is 0.314 e. The molecule has 0 radical (unpaired) electrons. The molecule has 2 atom stereocenters. The van der Waals surface area contributed by atoms with Crippen LogP contribution in [0.1, 0.15) is 28.2 Å². The first-order valence-electron chi connectivity index (χ1n) is 17.1. The Morgan fingerprint density at radius 1 is 0.580 bits per heavy atom. The number of aromatic nitrogens is 3. The van der Waals surface area contributed by atoms with Crippen molar-refractivity contribution in [3.05, 3.63) is 180 Å². The molecule has 0 saturated heterocycles. The minimum absolute atomic E-state index is 0.101. The molecule has 50 heavy (non-hydrogen) atoms. The van der Waals surface area contributed by atoms with Crippen LogP contribution in [0.25, 0.3) is 55.5 Å². The van der Waals surface area contributed by atoms with Crippen LogP contribution in [0.2, 0.25) is 0 Å². The minimum Gasteiger partial charge on any atom is -0.314 e. The molecule has 1 aliphatic carbocycles. The number of anilines is 2. The fourth-order valence-corrected chi connectivity index (χ4v) is 8.50. The van der Waals surface area contributed by atoms with Crippen LogP contribution >= 0.6 is 0 Å². The van der Waals surface area contributed by atoms with Crippen molar-refractivity contribution in [3.63, 3.8) is 0 Å². The molecular formula is C45H29N5. The standard InChI is InChI=1S/C45H29N5/c1-2-8-28(9-3-1)29-15-17-41-38(24-29)44-42(14-7-21-47-44)49(41)31-10-6-11-32(26-31)50-40-18-16-30(25-37(40)36-20-23-48-45(36)50)43-34-13-5-4-12-33(34)39-27-46-22-19-35(39)43/h1-27,43,45H/t43-,45?/m0/s1. The zero-order valence-corrected chi connectivity index (χ0v) is 27.0. The van der Waals surface area contributed by atoms with E-state index in [4.69, 9.17) is 9.98 Å². The SMILES string of the molecule is C1=NC2C(=C1)c1cc([C@H]3c4ccccc4-c4cnccc43)ccc1N2c1cccc(-n2c3ccc(-c4ccccc4)cc3c3ncccc32)c1. The molecule has 0 N–H and O–H groups in total. The lowest BCUT2D eigenvalue weighted by Gasteiger charge is -2.25. The molecule has 5 heteroatoms. The fraction of sp³-hybridized carbons (Fsp3) is 0.0444. The Kier molecular flexibility index (Phi) is 5.72. The smallest absolute Gasteiger partial charge is 0.152 e. The van der Waals surface area contributed by atoms with Crippen molar-refractivity contribution in [2.45, 2.75) is 12.1 Å². The molecule has 11 rings (SSSR count). The van der Waals surface area contributed by atoms with Crippen molar-refractivity contribution < 1.29 is 0 Å². The van der Waals surface area contributed by atoms with Gasteiger partial charge in [-0.15, -0.1) is 0 Å². The molecule has 0 fully saturated rings. The highest BCUT2D eigenvalue weighted by Crippen LogP contribution is 2.52. The van der Waals surface area contributed by atoms with Crippen molar-refractivity contribution in [1.82, 2.24) is 14.5 Å². The summed E-state index contributed by atoms with van der Waals surface area (Å²) in [4.78, 5) is 16.7. The first-order valence-corrected chi connectivity index (χ1v) is 17.1. The number of aliphatic imine (C=N–C) groups is 1. The molecule has 8 aromatic rings. The Morgan fingerprint density at radius 3 is 2.42 bits per heavy atom. The Balaban J connectivity index is 1.03. The van der Waals surface area contributed by atoms with Gasteiger partial charge in [0.25, 0.3) is 0 Å². The molecule has 1 unspecified atom stereocenters. The van der Waals surface area contributed by atoms with E-state index < -0.39 is 0 Å². The van der Waals surface area contributed by atoms with Gasteiger partial charge in [0.2, 0.25) is 0 Å². The van der Waals surface area contributed by atoms with Crippen molar-refractivity contribution in [2.24, 2.45) is 4.99 Å². The van der Waals surface area contributed by atoms with Crippen molar-refractivity contribution in [2.75, 3.05) is 4.90 Å². The van der Waals surface area contributed by atoms with Crippen LogP contribution in [0.4, 0.5) is 11.4 Å². The summed E-state index contributed by atoms with van der Waals surface area (Å²) < 4.78 is 2.34. The lowest BCUT2D eigenvalue weighted by atomic mass is 9.88. The van der Waals surface area contributed by atoms with E-state index in [1.54, 1.807) is 0 Å². The van der Waals surface area contributed by atoms with Crippen LogP contribution in [0.5, 0.6) is 0 Å². The molecule has 5 aromatic carbocycles. The number of fused-ring (bicyclic) bond motifs is 9. The van der Waals surface area contributed by atoms with Gasteiger partial charge in [-0.25, -0.2) is 0 Å². The number of benzene rings is 5. The number of rotatable bonds is 4. The van der Waals surface area contributed by atoms with Gasteiger partial charge in [0.15, 0.2) is 6.17 Å². The van der Waals surface area contributed by atoms with Crippen LogP contribution in [-0.2, 0) is 0 Å². The van der Waals surface area contributed by atoms with Gasteiger partial charge in [0.1, 0.15) is 0 Å². The van der Waals surface area contributed by atoms with Gasteiger partial charge < -0.3 is 9.47 Å². The zero-order chi connectivity index (χ0) is 32.8. The number of pyridine rings is 2. The van der Waals surface area contributed by atoms with E-state index in [2.05, 4.69) is 148 Å². The summed E-state index contributed by atoms with van der Waals surface area (Å²) in [5.74, 6) is 0.166. The molecule has 2 aliphatic heterocycles. The molecule has 0 bridgehead atoms. The lowest BCUT2D eigenvalue weighted by molar-refractivity contribution is 0.888. The van der Waals surface area contributed by atoms with E-state index in [0.29, 0.717) is 0 Å². The molecule has 5 nitrogen and oxygen atoms in total. The third-order valence-electron chi connectivity index (χ3n) is 10.6. The van der Waals surface area contributed by atoms with Gasteiger partial charge in [-0.1, -0.05) is 72.8 Å². The molecule has 3 aromatic heterocycles. The lowest BCUT2D eigenvalue weighted by Crippen LogP contribution is -2.23. The molecule has 0 saturated carbocycles. The van der Waals surface area contributed by atoms with Crippen LogP contribution < -0.4 is 4.90 Å². The number of hydrogen-bond acceptors (Lipinski definition) is 4. The molecule has 5 heterocycles. The summed E-state index contributed by atoms with van der Waals surface area (Å²) in [6.45, 7) is 0. The Bertz CT molecular complexity index is 2690. The molecular weight excluding hydrogens is 611 g/mol. The fourth-order valence-electron chi connectivity index (χ4n) is 8.50. The quantitative estimate of drug-likeness (QED) is 0.193. The van der Waals surface area contributed by atoms with Crippen molar-refractivity contribution in [1.29, 1.82) is 0 Å². The zero-order valence-electron chi connectivity index (χ0n) is 27.0. The number of allylic oxidation sites excluding steroid dienone is 1. The summed E-state index contributed by atoms with van der Waals surface area (Å²) in [5.41, 5.74) is 17.9. The minimum atomic E-state index is -0.101. The topological polar surface area (TPSA) is 46.3 Å². The van der Waals surface area contributed by atoms with Crippen molar-refractivity contribution >= 4 is 45.1 Å². The molecule has 0 spiro atoms. The van der Waals surface area contributed by atoms with Crippen LogP contribution in [0.3, 0.4) is 0 Å². The van der Waals surface area contributed by atoms with Gasteiger partial charge >= 0.3 is 0 Å². The molecule has 3 aliphatic rings. The van der Waals surface area contributed by atoms with E-state index in [9.17, 15) is 0 Å². The van der Waals surface area contributed by atoms with E-state index >= 15 is 0 Å². The van der Waals surface area contributed by atoms with E-state index in [1.165, 1.54) is 55.8 Å².